The lowest BCUT2D eigenvalue weighted by molar-refractivity contribution is -0.144. The Hall–Kier alpha value is -1.83. The summed E-state index contributed by atoms with van der Waals surface area (Å²) in [7, 11) is 0. The van der Waals surface area contributed by atoms with E-state index in [-0.39, 0.29) is 5.13 Å². The third-order valence-corrected chi connectivity index (χ3v) is 2.99. The van der Waals surface area contributed by atoms with E-state index in [0.717, 1.165) is 11.3 Å². The van der Waals surface area contributed by atoms with Crippen molar-refractivity contribution in [1.82, 2.24) is 9.36 Å². The zero-order valence-corrected chi connectivity index (χ0v) is 11.4. The zero-order valence-electron chi connectivity index (χ0n) is 10.6. The fourth-order valence-corrected chi connectivity index (χ4v) is 2.05. The summed E-state index contributed by atoms with van der Waals surface area (Å²) in [4.78, 5) is 3.36. The molecule has 108 valence electrons. The highest BCUT2D eigenvalue weighted by molar-refractivity contribution is 7.09. The maximum Gasteiger partial charge on any atom is 0.452 e. The third-order valence-electron chi connectivity index (χ3n) is 2.32. The van der Waals surface area contributed by atoms with Gasteiger partial charge in [0.05, 0.1) is 6.54 Å². The number of hydrogen-bond donors (Lipinski definition) is 1. The van der Waals surface area contributed by atoms with E-state index in [4.69, 9.17) is 4.74 Å². The number of alkyl halides is 3. The van der Waals surface area contributed by atoms with Crippen molar-refractivity contribution in [2.45, 2.75) is 13.1 Å². The van der Waals surface area contributed by atoms with E-state index in [2.05, 4.69) is 14.7 Å². The smallest absolute Gasteiger partial charge is 0.452 e. The largest absolute Gasteiger partial charge is 0.492 e. The molecular formula is C12H12F3N3OS. The highest BCUT2D eigenvalue weighted by Crippen LogP contribution is 2.28. The van der Waals surface area contributed by atoms with Crippen molar-refractivity contribution < 1.29 is 17.9 Å². The van der Waals surface area contributed by atoms with Gasteiger partial charge in [-0.15, -0.1) is 0 Å². The molecule has 0 radical (unpaired) electrons. The Balaban J connectivity index is 1.77. The van der Waals surface area contributed by atoms with Crippen LogP contribution in [0.4, 0.5) is 18.3 Å². The Morgan fingerprint density at radius 2 is 2.15 bits per heavy atom. The summed E-state index contributed by atoms with van der Waals surface area (Å²) < 4.78 is 45.5. The number of benzene rings is 1. The van der Waals surface area contributed by atoms with Crippen molar-refractivity contribution in [3.8, 4) is 5.75 Å². The van der Waals surface area contributed by atoms with Crippen LogP contribution in [0.15, 0.2) is 24.3 Å². The molecule has 0 aliphatic heterocycles. The molecule has 0 amide bonds. The first-order chi connectivity index (χ1) is 9.45. The maximum absolute atomic E-state index is 12.3. The predicted octanol–water partition coefficient (Wildman–Crippen LogP) is 3.36. The number of aromatic nitrogens is 2. The minimum atomic E-state index is -4.51. The number of nitrogens with one attached hydrogen (secondary N) is 1. The molecule has 1 aromatic carbocycles. The summed E-state index contributed by atoms with van der Waals surface area (Å²) in [5.41, 5.74) is 1.08. The van der Waals surface area contributed by atoms with Crippen LogP contribution in [0, 0.1) is 6.92 Å². The minimum Gasteiger partial charge on any atom is -0.492 e. The fraction of sp³-hybridized carbons (Fsp3) is 0.333. The standard InChI is InChI=1S/C12H12F3N3OS/c1-8-3-2-4-9(7-8)19-6-5-16-11-17-10(18-20-11)12(13,14)15/h2-4,7H,5-6H2,1H3,(H,16,17,18). The van der Waals surface area contributed by atoms with Crippen molar-refractivity contribution in [2.75, 3.05) is 18.5 Å². The lowest BCUT2D eigenvalue weighted by Crippen LogP contribution is -2.12. The summed E-state index contributed by atoms with van der Waals surface area (Å²) in [5.74, 6) is -0.398. The molecule has 1 heterocycles. The van der Waals surface area contributed by atoms with Gasteiger partial charge in [-0.05, 0) is 24.6 Å². The SMILES string of the molecule is Cc1cccc(OCCNc2nc(C(F)(F)F)ns2)c1. The van der Waals surface area contributed by atoms with E-state index in [1.165, 1.54) is 0 Å². The molecule has 1 N–H and O–H groups in total. The van der Waals surface area contributed by atoms with Crippen LogP contribution in [0.25, 0.3) is 0 Å². The van der Waals surface area contributed by atoms with Gasteiger partial charge in [-0.25, -0.2) is 0 Å². The zero-order chi connectivity index (χ0) is 14.6. The molecule has 0 atom stereocenters. The van der Waals surface area contributed by atoms with Crippen LogP contribution in [-0.4, -0.2) is 22.5 Å². The van der Waals surface area contributed by atoms with Crippen molar-refractivity contribution in [2.24, 2.45) is 0 Å². The Kier molecular flexibility index (Phi) is 4.43. The molecule has 0 bridgehead atoms. The molecule has 0 spiro atoms. The first-order valence-electron chi connectivity index (χ1n) is 5.79. The molecule has 1 aromatic heterocycles. The molecule has 0 saturated heterocycles. The maximum atomic E-state index is 12.3. The van der Waals surface area contributed by atoms with Gasteiger partial charge in [0.25, 0.3) is 0 Å². The van der Waals surface area contributed by atoms with Gasteiger partial charge < -0.3 is 10.1 Å². The van der Waals surface area contributed by atoms with Gasteiger partial charge in [0.15, 0.2) is 0 Å². The van der Waals surface area contributed by atoms with Gasteiger partial charge >= 0.3 is 6.18 Å². The van der Waals surface area contributed by atoms with Gasteiger partial charge in [-0.1, -0.05) is 12.1 Å². The van der Waals surface area contributed by atoms with Crippen LogP contribution in [0.3, 0.4) is 0 Å². The van der Waals surface area contributed by atoms with Crippen molar-refractivity contribution in [1.29, 1.82) is 0 Å². The second kappa shape index (κ2) is 6.08. The lowest BCUT2D eigenvalue weighted by Gasteiger charge is -2.07. The van der Waals surface area contributed by atoms with E-state index >= 15 is 0 Å². The van der Waals surface area contributed by atoms with E-state index < -0.39 is 12.0 Å². The highest BCUT2D eigenvalue weighted by atomic mass is 32.1. The Labute approximate surface area is 117 Å². The van der Waals surface area contributed by atoms with Gasteiger partial charge in [-0.3, -0.25) is 0 Å². The molecule has 8 heteroatoms. The molecule has 0 fully saturated rings. The molecule has 0 unspecified atom stereocenters. The number of halogens is 3. The van der Waals surface area contributed by atoms with Gasteiger partial charge in [0, 0.05) is 11.5 Å². The number of hydrogen-bond acceptors (Lipinski definition) is 5. The normalized spacial score (nSPS) is 11.4. The average molecular weight is 303 g/mol. The van der Waals surface area contributed by atoms with Crippen LogP contribution in [0.5, 0.6) is 5.75 Å². The summed E-state index contributed by atoms with van der Waals surface area (Å²) in [6, 6.07) is 7.52. The summed E-state index contributed by atoms with van der Waals surface area (Å²) in [5, 5.41) is 2.87. The molecule has 2 aromatic rings. The van der Waals surface area contributed by atoms with Crippen molar-refractivity contribution in [3.05, 3.63) is 35.7 Å². The molecule has 4 nitrogen and oxygen atoms in total. The number of anilines is 1. The first kappa shape index (κ1) is 14.6. The van der Waals surface area contributed by atoms with Crippen LogP contribution in [0.2, 0.25) is 0 Å². The fourth-order valence-electron chi connectivity index (χ4n) is 1.44. The van der Waals surface area contributed by atoms with E-state index in [9.17, 15) is 13.2 Å². The van der Waals surface area contributed by atoms with E-state index in [1.807, 2.05) is 31.2 Å². The number of nitrogens with zero attached hydrogens (tertiary/aromatic N) is 2. The van der Waals surface area contributed by atoms with Crippen molar-refractivity contribution >= 4 is 16.7 Å². The Morgan fingerprint density at radius 3 is 2.80 bits per heavy atom. The summed E-state index contributed by atoms with van der Waals surface area (Å²) >= 11 is 0.677. The quantitative estimate of drug-likeness (QED) is 0.860. The second-order valence-electron chi connectivity index (χ2n) is 4.01. The van der Waals surface area contributed by atoms with Crippen LogP contribution < -0.4 is 10.1 Å². The highest BCUT2D eigenvalue weighted by Gasteiger charge is 2.36. The molecule has 20 heavy (non-hydrogen) atoms. The van der Waals surface area contributed by atoms with E-state index in [0.29, 0.717) is 24.7 Å². The number of ether oxygens (including phenoxy) is 1. The van der Waals surface area contributed by atoms with Gasteiger partial charge in [-0.2, -0.15) is 22.5 Å². The minimum absolute atomic E-state index is 0.130. The second-order valence-corrected chi connectivity index (χ2v) is 4.76. The van der Waals surface area contributed by atoms with Crippen LogP contribution in [0.1, 0.15) is 11.4 Å². The molecule has 0 aliphatic carbocycles. The monoisotopic (exact) mass is 303 g/mol. The molecule has 0 aliphatic rings. The third kappa shape index (κ3) is 4.09. The van der Waals surface area contributed by atoms with Crippen molar-refractivity contribution in [3.63, 3.8) is 0 Å². The summed E-state index contributed by atoms with van der Waals surface area (Å²) in [6.07, 6.45) is -4.51. The van der Waals surface area contributed by atoms with Gasteiger partial charge in [0.1, 0.15) is 12.4 Å². The van der Waals surface area contributed by atoms with Gasteiger partial charge in [0.2, 0.25) is 11.0 Å². The summed E-state index contributed by atoms with van der Waals surface area (Å²) in [6.45, 7) is 2.62. The average Bonchev–Trinajstić information content (AvgIpc) is 2.83. The number of rotatable bonds is 5. The van der Waals surface area contributed by atoms with E-state index in [1.54, 1.807) is 0 Å². The first-order valence-corrected chi connectivity index (χ1v) is 6.57. The van der Waals surface area contributed by atoms with Crippen LogP contribution in [-0.2, 0) is 6.18 Å². The Morgan fingerprint density at radius 1 is 1.35 bits per heavy atom. The predicted molar refractivity (Wildman–Crippen MR) is 70.1 cm³/mol. The molecule has 0 saturated carbocycles. The topological polar surface area (TPSA) is 47.0 Å². The molecule has 2 rings (SSSR count). The van der Waals surface area contributed by atoms with Crippen LogP contribution >= 0.6 is 11.5 Å². The molecular weight excluding hydrogens is 291 g/mol. The Bertz CT molecular complexity index is 571. The lowest BCUT2D eigenvalue weighted by atomic mass is 10.2. The number of aryl methyl sites for hydroxylation is 1.